The number of rotatable bonds is 1. The molecule has 0 radical (unpaired) electrons. The average molecular weight is 272 g/mol. The molecular weight excluding hydrogens is 254 g/mol. The Kier molecular flexibility index (Phi) is 3.02. The van der Waals surface area contributed by atoms with Crippen LogP contribution in [0.5, 0.6) is 0 Å². The summed E-state index contributed by atoms with van der Waals surface area (Å²) in [7, 11) is 0. The van der Waals surface area contributed by atoms with Crippen molar-refractivity contribution in [3.63, 3.8) is 0 Å². The first-order valence-corrected chi connectivity index (χ1v) is 7.05. The van der Waals surface area contributed by atoms with E-state index in [0.29, 0.717) is 6.04 Å². The Morgan fingerprint density at radius 1 is 1.11 bits per heavy atom. The molecule has 1 aliphatic rings. The molecule has 2 heteroatoms. The second-order valence-electron chi connectivity index (χ2n) is 5.47. The summed E-state index contributed by atoms with van der Waals surface area (Å²) in [6, 6.07) is 11.2. The van der Waals surface area contributed by atoms with Gasteiger partial charge in [0.15, 0.2) is 0 Å². The number of aryl methyl sites for hydroxylation is 2. The molecule has 2 aromatic carbocycles. The van der Waals surface area contributed by atoms with Crippen LogP contribution in [0.15, 0.2) is 30.3 Å². The third-order valence-corrected chi connectivity index (χ3v) is 4.44. The van der Waals surface area contributed by atoms with Crippen LogP contribution in [0.2, 0.25) is 5.02 Å². The number of nitrogens with one attached hydrogen (secondary N) is 1. The number of fused-ring (bicyclic) bond motifs is 1. The van der Waals surface area contributed by atoms with Crippen molar-refractivity contribution < 1.29 is 0 Å². The van der Waals surface area contributed by atoms with Crippen LogP contribution in [0.4, 0.5) is 5.69 Å². The Balaban J connectivity index is 1.97. The molecule has 0 saturated carbocycles. The van der Waals surface area contributed by atoms with Gasteiger partial charge in [0.2, 0.25) is 0 Å². The Morgan fingerprint density at radius 3 is 2.63 bits per heavy atom. The van der Waals surface area contributed by atoms with Gasteiger partial charge in [-0.3, -0.25) is 0 Å². The molecule has 19 heavy (non-hydrogen) atoms. The fraction of sp³-hybridized carbons (Fsp3) is 0.294. The van der Waals surface area contributed by atoms with Crippen LogP contribution in [0.25, 0.3) is 0 Å². The van der Waals surface area contributed by atoms with Crippen LogP contribution in [-0.2, 0) is 6.42 Å². The molecule has 0 aromatic heterocycles. The zero-order valence-corrected chi connectivity index (χ0v) is 12.3. The topological polar surface area (TPSA) is 12.0 Å². The molecule has 0 amide bonds. The zero-order chi connectivity index (χ0) is 13.6. The molecule has 98 valence electrons. The van der Waals surface area contributed by atoms with Gasteiger partial charge in [-0.1, -0.05) is 41.4 Å². The highest BCUT2D eigenvalue weighted by atomic mass is 35.5. The summed E-state index contributed by atoms with van der Waals surface area (Å²) in [5.41, 5.74) is 7.80. The first kappa shape index (κ1) is 12.6. The fourth-order valence-electron chi connectivity index (χ4n) is 2.96. The lowest BCUT2D eigenvalue weighted by Gasteiger charge is -2.16. The maximum atomic E-state index is 6.20. The number of benzene rings is 2. The molecule has 1 atom stereocenters. The highest BCUT2D eigenvalue weighted by Crippen LogP contribution is 2.39. The van der Waals surface area contributed by atoms with E-state index < -0.39 is 0 Å². The smallest absolute Gasteiger partial charge is 0.0557 e. The average Bonchev–Trinajstić information content (AvgIpc) is 2.78. The fourth-order valence-corrected chi connectivity index (χ4v) is 3.12. The molecule has 0 fully saturated rings. The maximum Gasteiger partial charge on any atom is 0.0557 e. The van der Waals surface area contributed by atoms with Gasteiger partial charge in [-0.25, -0.2) is 0 Å². The highest BCUT2D eigenvalue weighted by molar-refractivity contribution is 6.31. The third-order valence-electron chi connectivity index (χ3n) is 4.03. The van der Waals surface area contributed by atoms with Crippen molar-refractivity contribution in [2.24, 2.45) is 0 Å². The van der Waals surface area contributed by atoms with Gasteiger partial charge in [-0.05, 0) is 55.5 Å². The Labute approximate surface area is 119 Å². The number of hydrogen-bond donors (Lipinski definition) is 1. The van der Waals surface area contributed by atoms with E-state index in [2.05, 4.69) is 50.4 Å². The Bertz CT molecular complexity index is 646. The quantitative estimate of drug-likeness (QED) is 0.772. The van der Waals surface area contributed by atoms with Gasteiger partial charge in [0.25, 0.3) is 0 Å². The van der Waals surface area contributed by atoms with Crippen LogP contribution in [-0.4, -0.2) is 0 Å². The molecular formula is C17H18ClN. The van der Waals surface area contributed by atoms with Crippen molar-refractivity contribution in [2.75, 3.05) is 5.32 Å². The number of hydrogen-bond acceptors (Lipinski definition) is 1. The molecule has 1 aliphatic heterocycles. The highest BCUT2D eigenvalue weighted by Gasteiger charge is 2.25. The van der Waals surface area contributed by atoms with E-state index in [-0.39, 0.29) is 0 Å². The SMILES string of the molecule is Cc1ccc(C2Cc3ccc(Cl)c(C)c3N2)c(C)c1. The van der Waals surface area contributed by atoms with Gasteiger partial charge in [0.1, 0.15) is 0 Å². The van der Waals surface area contributed by atoms with Gasteiger partial charge in [-0.15, -0.1) is 0 Å². The van der Waals surface area contributed by atoms with Crippen molar-refractivity contribution in [1.29, 1.82) is 0 Å². The molecule has 1 heterocycles. The molecule has 1 N–H and O–H groups in total. The van der Waals surface area contributed by atoms with E-state index in [1.165, 1.54) is 27.9 Å². The van der Waals surface area contributed by atoms with Gasteiger partial charge in [-0.2, -0.15) is 0 Å². The zero-order valence-electron chi connectivity index (χ0n) is 11.5. The minimum absolute atomic E-state index is 0.368. The van der Waals surface area contributed by atoms with E-state index in [4.69, 9.17) is 11.6 Å². The predicted molar refractivity (Wildman–Crippen MR) is 82.2 cm³/mol. The van der Waals surface area contributed by atoms with E-state index in [1.807, 2.05) is 6.07 Å². The van der Waals surface area contributed by atoms with Gasteiger partial charge >= 0.3 is 0 Å². The summed E-state index contributed by atoms with van der Waals surface area (Å²) in [5, 5.41) is 4.48. The van der Waals surface area contributed by atoms with Crippen LogP contribution in [0, 0.1) is 20.8 Å². The molecule has 3 rings (SSSR count). The summed E-state index contributed by atoms with van der Waals surface area (Å²) in [4.78, 5) is 0. The van der Waals surface area contributed by atoms with Crippen molar-refractivity contribution in [2.45, 2.75) is 33.2 Å². The summed E-state index contributed by atoms with van der Waals surface area (Å²) >= 11 is 6.20. The first-order valence-electron chi connectivity index (χ1n) is 6.68. The van der Waals surface area contributed by atoms with Crippen LogP contribution in [0.3, 0.4) is 0 Å². The lowest BCUT2D eigenvalue weighted by Crippen LogP contribution is -2.08. The molecule has 0 aliphatic carbocycles. The van der Waals surface area contributed by atoms with Gasteiger partial charge in [0.05, 0.1) is 6.04 Å². The summed E-state index contributed by atoms with van der Waals surface area (Å²) in [6.45, 7) is 6.41. The van der Waals surface area contributed by atoms with Gasteiger partial charge < -0.3 is 5.32 Å². The van der Waals surface area contributed by atoms with Crippen LogP contribution >= 0.6 is 11.6 Å². The van der Waals surface area contributed by atoms with Crippen molar-refractivity contribution >= 4 is 17.3 Å². The molecule has 0 saturated heterocycles. The Morgan fingerprint density at radius 2 is 1.89 bits per heavy atom. The summed E-state index contributed by atoms with van der Waals surface area (Å²) in [6.07, 6.45) is 1.04. The lowest BCUT2D eigenvalue weighted by atomic mass is 9.97. The van der Waals surface area contributed by atoms with Crippen molar-refractivity contribution in [1.82, 2.24) is 0 Å². The van der Waals surface area contributed by atoms with E-state index >= 15 is 0 Å². The molecule has 2 aromatic rings. The van der Waals surface area contributed by atoms with Crippen molar-refractivity contribution in [3.8, 4) is 0 Å². The molecule has 0 spiro atoms. The second kappa shape index (κ2) is 4.57. The van der Waals surface area contributed by atoms with E-state index in [0.717, 1.165) is 17.0 Å². The molecule has 0 bridgehead atoms. The van der Waals surface area contributed by atoms with Crippen LogP contribution < -0.4 is 5.32 Å². The largest absolute Gasteiger partial charge is 0.377 e. The standard InChI is InChI=1S/C17H18ClN/c1-10-4-6-14(11(2)8-10)16-9-13-5-7-15(18)12(3)17(13)19-16/h4-8,16,19H,9H2,1-3H3. The first-order chi connectivity index (χ1) is 9.06. The summed E-state index contributed by atoms with van der Waals surface area (Å²) < 4.78 is 0. The molecule has 1 nitrogen and oxygen atoms in total. The van der Waals surface area contributed by atoms with Crippen LogP contribution in [0.1, 0.15) is 33.9 Å². The minimum Gasteiger partial charge on any atom is -0.377 e. The summed E-state index contributed by atoms with van der Waals surface area (Å²) in [5.74, 6) is 0. The monoisotopic (exact) mass is 271 g/mol. The lowest BCUT2D eigenvalue weighted by molar-refractivity contribution is 0.815. The normalized spacial score (nSPS) is 17.2. The van der Waals surface area contributed by atoms with E-state index in [1.54, 1.807) is 0 Å². The number of anilines is 1. The third kappa shape index (κ3) is 2.12. The second-order valence-corrected chi connectivity index (χ2v) is 5.87. The minimum atomic E-state index is 0.368. The number of halogens is 1. The maximum absolute atomic E-state index is 6.20. The van der Waals surface area contributed by atoms with Crippen molar-refractivity contribution in [3.05, 3.63) is 63.2 Å². The Hall–Kier alpha value is -1.47. The van der Waals surface area contributed by atoms with E-state index in [9.17, 15) is 0 Å². The van der Waals surface area contributed by atoms with Gasteiger partial charge in [0, 0.05) is 10.7 Å². The predicted octanol–water partition coefficient (Wildman–Crippen LogP) is 4.97. The molecule has 1 unspecified atom stereocenters.